The van der Waals surface area contributed by atoms with Gasteiger partial charge < -0.3 is 5.11 Å². The molecule has 0 aromatic heterocycles. The highest BCUT2D eigenvalue weighted by atomic mass is 35.5. The standard InChI is InChI=1S/C8H9ClO2/c9-7-4-2-1-3-6(7)5-8(10)11/h1,3H,2,4-5H2,(H,10,11). The summed E-state index contributed by atoms with van der Waals surface area (Å²) in [5, 5.41) is 9.15. The summed E-state index contributed by atoms with van der Waals surface area (Å²) in [6, 6.07) is 0. The number of allylic oxidation sites excluding steroid dienone is 3. The molecule has 0 aliphatic heterocycles. The lowest BCUT2D eigenvalue weighted by atomic mass is 10.0. The third-order valence-electron chi connectivity index (χ3n) is 1.54. The van der Waals surface area contributed by atoms with E-state index in [1.54, 1.807) is 6.08 Å². The zero-order chi connectivity index (χ0) is 8.27. The first-order valence-corrected chi connectivity index (χ1v) is 3.84. The molecule has 0 saturated heterocycles. The predicted molar refractivity (Wildman–Crippen MR) is 43.5 cm³/mol. The van der Waals surface area contributed by atoms with Crippen molar-refractivity contribution in [2.24, 2.45) is 0 Å². The molecule has 11 heavy (non-hydrogen) atoms. The highest BCUT2D eigenvalue weighted by molar-refractivity contribution is 6.30. The number of hydrogen-bond donors (Lipinski definition) is 1. The van der Waals surface area contributed by atoms with Crippen LogP contribution in [0.3, 0.4) is 0 Å². The summed E-state index contributed by atoms with van der Waals surface area (Å²) in [5.41, 5.74) is 0.741. The van der Waals surface area contributed by atoms with Crippen LogP contribution in [0.2, 0.25) is 0 Å². The molecule has 0 fully saturated rings. The van der Waals surface area contributed by atoms with Gasteiger partial charge in [-0.3, -0.25) is 4.79 Å². The van der Waals surface area contributed by atoms with Crippen molar-refractivity contribution in [2.75, 3.05) is 0 Å². The van der Waals surface area contributed by atoms with Gasteiger partial charge >= 0.3 is 5.97 Å². The maximum absolute atomic E-state index is 10.3. The van der Waals surface area contributed by atoms with Gasteiger partial charge in [-0.1, -0.05) is 23.8 Å². The van der Waals surface area contributed by atoms with E-state index < -0.39 is 5.97 Å². The van der Waals surface area contributed by atoms with E-state index in [4.69, 9.17) is 16.7 Å². The van der Waals surface area contributed by atoms with E-state index in [0.29, 0.717) is 5.03 Å². The average Bonchev–Trinajstić information content (AvgIpc) is 1.93. The Kier molecular flexibility index (Phi) is 2.71. The van der Waals surface area contributed by atoms with Gasteiger partial charge in [0, 0.05) is 5.03 Å². The van der Waals surface area contributed by atoms with Crippen LogP contribution in [0.1, 0.15) is 19.3 Å². The van der Waals surface area contributed by atoms with Gasteiger partial charge in [-0.15, -0.1) is 0 Å². The highest BCUT2D eigenvalue weighted by Gasteiger charge is 2.08. The molecule has 1 rings (SSSR count). The zero-order valence-electron chi connectivity index (χ0n) is 6.01. The predicted octanol–water partition coefficient (Wildman–Crippen LogP) is 2.30. The molecule has 0 radical (unpaired) electrons. The summed E-state index contributed by atoms with van der Waals surface area (Å²) >= 11 is 5.79. The minimum Gasteiger partial charge on any atom is -0.481 e. The van der Waals surface area contributed by atoms with Crippen LogP contribution in [0.5, 0.6) is 0 Å². The third kappa shape index (κ3) is 2.39. The Bertz CT molecular complexity index is 228. The fraction of sp³-hybridized carbons (Fsp3) is 0.375. The van der Waals surface area contributed by atoms with E-state index in [0.717, 1.165) is 18.4 Å². The maximum Gasteiger partial charge on any atom is 0.307 e. The van der Waals surface area contributed by atoms with Crippen molar-refractivity contribution < 1.29 is 9.90 Å². The number of hydrogen-bond acceptors (Lipinski definition) is 1. The highest BCUT2D eigenvalue weighted by Crippen LogP contribution is 2.24. The first kappa shape index (κ1) is 8.34. The third-order valence-corrected chi connectivity index (χ3v) is 1.97. The number of rotatable bonds is 2. The molecule has 1 aliphatic rings. The molecule has 3 heteroatoms. The Hall–Kier alpha value is -0.760. The second-order valence-corrected chi connectivity index (χ2v) is 2.90. The molecule has 0 saturated carbocycles. The maximum atomic E-state index is 10.3. The smallest absolute Gasteiger partial charge is 0.307 e. The van der Waals surface area contributed by atoms with Crippen LogP contribution in [0, 0.1) is 0 Å². The summed E-state index contributed by atoms with van der Waals surface area (Å²) in [6.07, 6.45) is 5.47. The Morgan fingerprint density at radius 3 is 3.00 bits per heavy atom. The molecule has 0 unspecified atom stereocenters. The minimum atomic E-state index is -0.829. The van der Waals surface area contributed by atoms with Gasteiger partial charge in [-0.2, -0.15) is 0 Å². The lowest BCUT2D eigenvalue weighted by Gasteiger charge is -2.07. The molecule has 0 bridgehead atoms. The van der Waals surface area contributed by atoms with Crippen LogP contribution in [-0.2, 0) is 4.79 Å². The van der Waals surface area contributed by atoms with E-state index in [1.807, 2.05) is 6.08 Å². The SMILES string of the molecule is O=C(O)CC1=C(Cl)CCC=C1. The van der Waals surface area contributed by atoms with E-state index >= 15 is 0 Å². The van der Waals surface area contributed by atoms with Crippen LogP contribution in [0.15, 0.2) is 22.8 Å². The number of halogens is 1. The van der Waals surface area contributed by atoms with E-state index in [1.165, 1.54) is 0 Å². The second-order valence-electron chi connectivity index (χ2n) is 2.44. The first-order chi connectivity index (χ1) is 5.20. The molecular weight excluding hydrogens is 164 g/mol. The van der Waals surface area contributed by atoms with Crippen LogP contribution < -0.4 is 0 Å². The molecule has 60 valence electrons. The van der Waals surface area contributed by atoms with Crippen molar-refractivity contribution in [1.29, 1.82) is 0 Å². The zero-order valence-corrected chi connectivity index (χ0v) is 6.77. The Morgan fingerprint density at radius 2 is 2.45 bits per heavy atom. The first-order valence-electron chi connectivity index (χ1n) is 3.46. The molecule has 0 atom stereocenters. The summed E-state index contributed by atoms with van der Waals surface area (Å²) < 4.78 is 0. The molecule has 1 N–H and O–H groups in total. The second kappa shape index (κ2) is 3.58. The van der Waals surface area contributed by atoms with Gasteiger partial charge in [0.25, 0.3) is 0 Å². The molecule has 0 spiro atoms. The van der Waals surface area contributed by atoms with Crippen LogP contribution in [-0.4, -0.2) is 11.1 Å². The number of aliphatic carboxylic acids is 1. The van der Waals surface area contributed by atoms with Crippen molar-refractivity contribution in [1.82, 2.24) is 0 Å². The largest absolute Gasteiger partial charge is 0.481 e. The van der Waals surface area contributed by atoms with Crippen molar-refractivity contribution in [3.05, 3.63) is 22.8 Å². The van der Waals surface area contributed by atoms with Gasteiger partial charge in [0.1, 0.15) is 0 Å². The number of carboxylic acids is 1. The molecule has 1 aliphatic carbocycles. The van der Waals surface area contributed by atoms with Gasteiger partial charge in [0.05, 0.1) is 6.42 Å². The molecule has 0 amide bonds. The lowest BCUT2D eigenvalue weighted by Crippen LogP contribution is -1.99. The Morgan fingerprint density at radius 1 is 1.73 bits per heavy atom. The minimum absolute atomic E-state index is 0.0370. The van der Waals surface area contributed by atoms with Gasteiger partial charge in [-0.25, -0.2) is 0 Å². The van der Waals surface area contributed by atoms with Crippen molar-refractivity contribution in [3.8, 4) is 0 Å². The molecular formula is C8H9ClO2. The quantitative estimate of drug-likeness (QED) is 0.694. The molecule has 0 aromatic rings. The van der Waals surface area contributed by atoms with Gasteiger partial charge in [-0.05, 0) is 18.4 Å². The molecule has 0 aromatic carbocycles. The fourth-order valence-corrected chi connectivity index (χ4v) is 1.24. The molecule has 2 nitrogen and oxygen atoms in total. The Balaban J connectivity index is 2.68. The van der Waals surface area contributed by atoms with Gasteiger partial charge in [0.15, 0.2) is 0 Å². The number of carbonyl (C=O) groups is 1. The van der Waals surface area contributed by atoms with Crippen molar-refractivity contribution in [2.45, 2.75) is 19.3 Å². The Labute approximate surface area is 70.2 Å². The van der Waals surface area contributed by atoms with Crippen LogP contribution >= 0.6 is 11.6 Å². The summed E-state index contributed by atoms with van der Waals surface area (Å²) in [7, 11) is 0. The normalized spacial score (nSPS) is 17.2. The molecule has 0 heterocycles. The summed E-state index contributed by atoms with van der Waals surface area (Å²) in [6.45, 7) is 0. The van der Waals surface area contributed by atoms with Crippen LogP contribution in [0.25, 0.3) is 0 Å². The van der Waals surface area contributed by atoms with E-state index in [-0.39, 0.29) is 6.42 Å². The lowest BCUT2D eigenvalue weighted by molar-refractivity contribution is -0.136. The van der Waals surface area contributed by atoms with Crippen LogP contribution in [0.4, 0.5) is 0 Å². The summed E-state index contributed by atoms with van der Waals surface area (Å²) in [5.74, 6) is -0.829. The van der Waals surface area contributed by atoms with Crippen molar-refractivity contribution in [3.63, 3.8) is 0 Å². The van der Waals surface area contributed by atoms with Crippen molar-refractivity contribution >= 4 is 17.6 Å². The monoisotopic (exact) mass is 172 g/mol. The van der Waals surface area contributed by atoms with E-state index in [2.05, 4.69) is 0 Å². The number of carboxylic acid groups (broad SMARTS) is 1. The fourth-order valence-electron chi connectivity index (χ4n) is 1.00. The van der Waals surface area contributed by atoms with Gasteiger partial charge in [0.2, 0.25) is 0 Å². The van der Waals surface area contributed by atoms with E-state index in [9.17, 15) is 4.79 Å². The summed E-state index contributed by atoms with van der Waals surface area (Å²) in [4.78, 5) is 10.3. The average molecular weight is 173 g/mol. The topological polar surface area (TPSA) is 37.3 Å².